The van der Waals surface area contributed by atoms with Crippen LogP contribution < -0.4 is 5.73 Å². The number of amides is 1. The van der Waals surface area contributed by atoms with Crippen molar-refractivity contribution in [2.24, 2.45) is 0 Å². The summed E-state index contributed by atoms with van der Waals surface area (Å²) in [7, 11) is 1.74. The van der Waals surface area contributed by atoms with Gasteiger partial charge in [-0.2, -0.15) is 0 Å². The van der Waals surface area contributed by atoms with E-state index in [4.69, 9.17) is 5.73 Å². The average Bonchev–Trinajstić information content (AvgIpc) is 3.02. The van der Waals surface area contributed by atoms with Gasteiger partial charge >= 0.3 is 0 Å². The third-order valence-electron chi connectivity index (χ3n) is 4.28. The number of halogens is 1. The maximum absolute atomic E-state index is 13.3. The number of benzene rings is 1. The minimum Gasteiger partial charge on any atom is -0.384 e. The van der Waals surface area contributed by atoms with E-state index in [9.17, 15) is 9.18 Å². The lowest BCUT2D eigenvalue weighted by molar-refractivity contribution is -0.126. The molecule has 0 bridgehead atoms. The van der Waals surface area contributed by atoms with Crippen LogP contribution >= 0.6 is 0 Å². The predicted octanol–water partition coefficient (Wildman–Crippen LogP) is 3.52. The number of aromatic amines is 1. The van der Waals surface area contributed by atoms with Crippen LogP contribution in [0.5, 0.6) is 0 Å². The Morgan fingerprint density at radius 1 is 1.36 bits per heavy atom. The molecule has 0 radical (unpaired) electrons. The molecule has 3 rings (SSSR count). The first-order valence-corrected chi connectivity index (χ1v) is 7.88. The van der Waals surface area contributed by atoms with E-state index in [-0.39, 0.29) is 17.8 Å². The second kappa shape index (κ2) is 6.76. The zero-order chi connectivity index (χ0) is 18.0. The number of anilines is 1. The topological polar surface area (TPSA) is 75.0 Å². The largest absolute Gasteiger partial charge is 0.384 e. The van der Waals surface area contributed by atoms with Crippen LogP contribution in [0.25, 0.3) is 17.0 Å². The van der Waals surface area contributed by atoms with Crippen molar-refractivity contribution in [2.75, 3.05) is 12.8 Å². The highest BCUT2D eigenvalue weighted by Gasteiger charge is 2.18. The lowest BCUT2D eigenvalue weighted by atomic mass is 10.1. The molecule has 3 N–H and O–H groups in total. The van der Waals surface area contributed by atoms with Crippen LogP contribution in [0.3, 0.4) is 0 Å². The zero-order valence-electron chi connectivity index (χ0n) is 14.0. The fourth-order valence-corrected chi connectivity index (χ4v) is 2.67. The van der Waals surface area contributed by atoms with Crippen molar-refractivity contribution in [2.45, 2.75) is 13.0 Å². The molecular weight excluding hydrogens is 319 g/mol. The number of nitrogen functional groups attached to an aromatic ring is 1. The first-order chi connectivity index (χ1) is 12.0. The summed E-state index contributed by atoms with van der Waals surface area (Å²) in [4.78, 5) is 21.1. The molecule has 1 atom stereocenters. The number of carbonyl (C=O) groups is 1. The number of H-pyrrole nitrogens is 1. The van der Waals surface area contributed by atoms with Gasteiger partial charge in [0, 0.05) is 36.4 Å². The first-order valence-electron chi connectivity index (χ1n) is 7.88. The number of hydrogen-bond acceptors (Lipinski definition) is 3. The predicted molar refractivity (Wildman–Crippen MR) is 97.1 cm³/mol. The third kappa shape index (κ3) is 3.52. The molecule has 0 saturated carbocycles. The molecule has 128 valence electrons. The van der Waals surface area contributed by atoms with Crippen LogP contribution in [0.1, 0.15) is 24.1 Å². The summed E-state index contributed by atoms with van der Waals surface area (Å²) in [6.07, 6.45) is 6.61. The third-order valence-corrected chi connectivity index (χ3v) is 4.28. The van der Waals surface area contributed by atoms with Gasteiger partial charge in [-0.1, -0.05) is 0 Å². The fraction of sp³-hybridized carbons (Fsp3) is 0.158. The Labute approximate surface area is 145 Å². The Morgan fingerprint density at radius 2 is 2.16 bits per heavy atom. The van der Waals surface area contributed by atoms with Crippen molar-refractivity contribution in [1.82, 2.24) is 14.9 Å². The maximum Gasteiger partial charge on any atom is 0.246 e. The number of likely N-dealkylation sites (N-methyl/N-ethyl adjacent to an activating group) is 1. The molecule has 0 spiro atoms. The normalized spacial score (nSPS) is 12.6. The van der Waals surface area contributed by atoms with Gasteiger partial charge in [-0.15, -0.1) is 0 Å². The smallest absolute Gasteiger partial charge is 0.246 e. The van der Waals surface area contributed by atoms with Gasteiger partial charge in [0.1, 0.15) is 11.6 Å². The molecule has 0 saturated heterocycles. The van der Waals surface area contributed by atoms with Gasteiger partial charge in [0.2, 0.25) is 5.91 Å². The van der Waals surface area contributed by atoms with Crippen molar-refractivity contribution >= 4 is 28.7 Å². The van der Waals surface area contributed by atoms with Crippen molar-refractivity contribution in [3.05, 3.63) is 65.7 Å². The highest BCUT2D eigenvalue weighted by atomic mass is 19.1. The van der Waals surface area contributed by atoms with Crippen LogP contribution in [0.2, 0.25) is 0 Å². The molecule has 6 heteroatoms. The summed E-state index contributed by atoms with van der Waals surface area (Å²) in [6, 6.07) is 7.90. The molecule has 2 aromatic heterocycles. The van der Waals surface area contributed by atoms with Crippen molar-refractivity contribution in [3.8, 4) is 0 Å². The standard InChI is InChI=1S/C19H19FN4O/c1-12(16-11-22-17-9-14(20)5-6-15(16)17)24(2)19(25)8-4-13-3-7-18(21)23-10-13/h3-12,22H,1-2H3,(H2,21,23)/b8-4+. The molecular formula is C19H19FN4O. The summed E-state index contributed by atoms with van der Waals surface area (Å²) in [6.45, 7) is 1.93. The molecule has 0 fully saturated rings. The van der Waals surface area contributed by atoms with Gasteiger partial charge in [0.25, 0.3) is 0 Å². The van der Waals surface area contributed by atoms with E-state index in [0.717, 1.165) is 16.5 Å². The monoisotopic (exact) mass is 338 g/mol. The number of nitrogens with one attached hydrogen (secondary N) is 1. The van der Waals surface area contributed by atoms with Gasteiger partial charge in [-0.25, -0.2) is 9.37 Å². The Balaban J connectivity index is 1.77. The SMILES string of the molecule is CC(c1c[nH]c2cc(F)ccc12)N(C)C(=O)/C=C/c1ccc(N)nc1. The molecule has 2 heterocycles. The highest BCUT2D eigenvalue weighted by molar-refractivity contribution is 5.92. The van der Waals surface area contributed by atoms with Crippen molar-refractivity contribution in [1.29, 1.82) is 0 Å². The minimum absolute atomic E-state index is 0.138. The Bertz CT molecular complexity index is 930. The highest BCUT2D eigenvalue weighted by Crippen LogP contribution is 2.28. The molecule has 3 aromatic rings. The quantitative estimate of drug-likeness (QED) is 0.715. The van der Waals surface area contributed by atoms with Gasteiger partial charge in [-0.3, -0.25) is 4.79 Å². The number of nitrogens with two attached hydrogens (primary N) is 1. The molecule has 1 amide bonds. The second-order valence-electron chi connectivity index (χ2n) is 5.91. The average molecular weight is 338 g/mol. The van der Waals surface area contributed by atoms with Crippen LogP contribution in [0, 0.1) is 5.82 Å². The Morgan fingerprint density at radius 3 is 2.88 bits per heavy atom. The van der Waals surface area contributed by atoms with E-state index >= 15 is 0 Å². The molecule has 1 aromatic carbocycles. The Kier molecular flexibility index (Phi) is 4.52. The van der Waals surface area contributed by atoms with Crippen LogP contribution in [0.15, 0.2) is 48.8 Å². The number of pyridine rings is 1. The van der Waals surface area contributed by atoms with Crippen LogP contribution in [-0.4, -0.2) is 27.8 Å². The van der Waals surface area contributed by atoms with E-state index in [1.54, 1.807) is 42.4 Å². The van der Waals surface area contributed by atoms with Crippen molar-refractivity contribution in [3.63, 3.8) is 0 Å². The second-order valence-corrected chi connectivity index (χ2v) is 5.91. The number of aromatic nitrogens is 2. The molecule has 0 aliphatic rings. The number of fused-ring (bicyclic) bond motifs is 1. The van der Waals surface area contributed by atoms with Crippen LogP contribution in [-0.2, 0) is 4.79 Å². The number of rotatable bonds is 4. The van der Waals surface area contributed by atoms with Crippen LogP contribution in [0.4, 0.5) is 10.2 Å². The molecule has 0 aliphatic heterocycles. The summed E-state index contributed by atoms with van der Waals surface area (Å²) in [5, 5.41) is 0.903. The first kappa shape index (κ1) is 16.7. The van der Waals surface area contributed by atoms with E-state index < -0.39 is 0 Å². The van der Waals surface area contributed by atoms with E-state index in [1.807, 2.05) is 13.1 Å². The van der Waals surface area contributed by atoms with E-state index in [0.29, 0.717) is 11.3 Å². The molecule has 25 heavy (non-hydrogen) atoms. The molecule has 5 nitrogen and oxygen atoms in total. The number of nitrogens with zero attached hydrogens (tertiary/aromatic N) is 2. The molecule has 0 aliphatic carbocycles. The molecule has 1 unspecified atom stereocenters. The van der Waals surface area contributed by atoms with Crippen molar-refractivity contribution < 1.29 is 9.18 Å². The van der Waals surface area contributed by atoms with Gasteiger partial charge in [0.05, 0.1) is 6.04 Å². The lowest BCUT2D eigenvalue weighted by Crippen LogP contribution is -2.27. The summed E-state index contributed by atoms with van der Waals surface area (Å²) in [5.41, 5.74) is 7.99. The minimum atomic E-state index is -0.293. The van der Waals surface area contributed by atoms with E-state index in [2.05, 4.69) is 9.97 Å². The summed E-state index contributed by atoms with van der Waals surface area (Å²) >= 11 is 0. The van der Waals surface area contributed by atoms with Gasteiger partial charge < -0.3 is 15.6 Å². The Hall–Kier alpha value is -3.15. The fourth-order valence-electron chi connectivity index (χ4n) is 2.67. The maximum atomic E-state index is 13.3. The van der Waals surface area contributed by atoms with E-state index in [1.165, 1.54) is 18.2 Å². The summed E-state index contributed by atoms with van der Waals surface area (Å²) < 4.78 is 13.3. The summed E-state index contributed by atoms with van der Waals surface area (Å²) in [5.74, 6) is 0.00352. The zero-order valence-corrected chi connectivity index (χ0v) is 14.0. The number of hydrogen-bond donors (Lipinski definition) is 2. The van der Waals surface area contributed by atoms with Gasteiger partial charge in [0.15, 0.2) is 0 Å². The number of carbonyl (C=O) groups excluding carboxylic acids is 1. The lowest BCUT2D eigenvalue weighted by Gasteiger charge is -2.23. The van der Waals surface area contributed by atoms with Gasteiger partial charge in [-0.05, 0) is 54.5 Å².